The van der Waals surface area contributed by atoms with Crippen molar-refractivity contribution in [3.63, 3.8) is 0 Å². The lowest BCUT2D eigenvalue weighted by atomic mass is 10.00. The fourth-order valence-corrected chi connectivity index (χ4v) is 4.26. The van der Waals surface area contributed by atoms with Crippen LogP contribution in [0.3, 0.4) is 0 Å². The number of nitrogens with one attached hydrogen (secondary N) is 1. The van der Waals surface area contributed by atoms with Crippen LogP contribution in [0.5, 0.6) is 0 Å². The van der Waals surface area contributed by atoms with Crippen molar-refractivity contribution in [2.75, 3.05) is 6.54 Å². The second-order valence-corrected chi connectivity index (χ2v) is 8.63. The Hall–Kier alpha value is -2.44. The van der Waals surface area contributed by atoms with Crippen molar-refractivity contribution in [2.24, 2.45) is 0 Å². The number of nitrogens with zero attached hydrogens (tertiary/aromatic N) is 1. The molecule has 0 aliphatic carbocycles. The molecule has 0 fully saturated rings. The number of aromatic nitrogens is 1. The van der Waals surface area contributed by atoms with E-state index < -0.39 is 18.4 Å². The summed E-state index contributed by atoms with van der Waals surface area (Å²) in [5.41, 5.74) is 2.56. The van der Waals surface area contributed by atoms with Gasteiger partial charge in [-0.25, -0.2) is 4.98 Å². The van der Waals surface area contributed by atoms with E-state index in [1.165, 1.54) is 30.1 Å². The minimum absolute atomic E-state index is 0.101. The van der Waals surface area contributed by atoms with Crippen LogP contribution in [-0.2, 0) is 5.92 Å². The van der Waals surface area contributed by atoms with Crippen LogP contribution in [0.25, 0.3) is 0 Å². The summed E-state index contributed by atoms with van der Waals surface area (Å²) in [7, 11) is 0. The van der Waals surface area contributed by atoms with Crippen LogP contribution in [0, 0.1) is 20.8 Å². The first-order valence-corrected chi connectivity index (χ1v) is 10.5. The maximum absolute atomic E-state index is 14.7. The van der Waals surface area contributed by atoms with Gasteiger partial charge in [0.1, 0.15) is 5.15 Å². The molecule has 1 N–H and O–H groups in total. The van der Waals surface area contributed by atoms with Crippen molar-refractivity contribution in [1.82, 2.24) is 10.3 Å². The van der Waals surface area contributed by atoms with Gasteiger partial charge in [0.25, 0.3) is 11.8 Å². The molecule has 0 radical (unpaired) electrons. The number of rotatable bonds is 6. The molecule has 0 unspecified atom stereocenters. The lowest BCUT2D eigenvalue weighted by molar-refractivity contribution is -0.00310. The zero-order valence-electron chi connectivity index (χ0n) is 16.8. The number of carbonyl (C=O) groups is 1. The molecule has 0 spiro atoms. The molecule has 0 saturated carbocycles. The number of aryl methyl sites for hydroxylation is 3. The van der Waals surface area contributed by atoms with Gasteiger partial charge in [0, 0.05) is 21.6 Å². The van der Waals surface area contributed by atoms with Gasteiger partial charge in [0.2, 0.25) is 0 Å². The van der Waals surface area contributed by atoms with Crippen molar-refractivity contribution < 1.29 is 13.6 Å². The molecule has 0 saturated heterocycles. The summed E-state index contributed by atoms with van der Waals surface area (Å²) in [6.45, 7) is 4.63. The van der Waals surface area contributed by atoms with Crippen molar-refractivity contribution >= 4 is 29.3 Å². The molecule has 156 valence electrons. The number of hydrogen-bond donors (Lipinski definition) is 1. The van der Waals surface area contributed by atoms with E-state index in [0.717, 1.165) is 16.0 Å². The zero-order chi connectivity index (χ0) is 21.9. The third-order valence-electron chi connectivity index (χ3n) is 4.54. The molecular weight excluding hydrogens is 426 g/mol. The summed E-state index contributed by atoms with van der Waals surface area (Å²) in [4.78, 5) is 18.2. The molecule has 0 atom stereocenters. The Kier molecular flexibility index (Phi) is 6.78. The third kappa shape index (κ3) is 5.37. The highest BCUT2D eigenvalue weighted by atomic mass is 35.5. The lowest BCUT2D eigenvalue weighted by Crippen LogP contribution is -2.35. The maximum atomic E-state index is 14.7. The summed E-state index contributed by atoms with van der Waals surface area (Å²) >= 11 is 7.29. The van der Waals surface area contributed by atoms with Gasteiger partial charge in [-0.15, -0.1) is 0 Å². The normalized spacial score (nSPS) is 11.4. The van der Waals surface area contributed by atoms with Gasteiger partial charge in [-0.2, -0.15) is 8.78 Å². The zero-order valence-corrected chi connectivity index (χ0v) is 18.4. The minimum Gasteiger partial charge on any atom is -0.346 e. The first-order chi connectivity index (χ1) is 14.2. The highest BCUT2D eigenvalue weighted by Crippen LogP contribution is 2.33. The van der Waals surface area contributed by atoms with Gasteiger partial charge < -0.3 is 5.32 Å². The first kappa shape index (κ1) is 22.2. The van der Waals surface area contributed by atoms with Gasteiger partial charge >= 0.3 is 0 Å². The SMILES string of the molecule is Cc1cccc(Sc2cnc(Cl)cc2C(=O)NCC(F)(F)c2ccc(C)cc2C)c1. The summed E-state index contributed by atoms with van der Waals surface area (Å²) in [6, 6.07) is 13.9. The number of alkyl halides is 2. The largest absolute Gasteiger partial charge is 0.346 e. The molecule has 7 heteroatoms. The molecule has 2 aromatic carbocycles. The lowest BCUT2D eigenvalue weighted by Gasteiger charge is -2.20. The van der Waals surface area contributed by atoms with E-state index in [4.69, 9.17) is 11.6 Å². The number of halogens is 3. The summed E-state index contributed by atoms with van der Waals surface area (Å²) in [6.07, 6.45) is 1.48. The quantitative estimate of drug-likeness (QED) is 0.449. The molecule has 3 aromatic rings. The van der Waals surface area contributed by atoms with E-state index in [0.29, 0.717) is 10.5 Å². The fraction of sp³-hybridized carbons (Fsp3) is 0.217. The molecule has 0 bridgehead atoms. The Bertz CT molecular complexity index is 1090. The van der Waals surface area contributed by atoms with E-state index >= 15 is 0 Å². The van der Waals surface area contributed by atoms with Crippen LogP contribution in [0.1, 0.15) is 32.6 Å². The third-order valence-corrected chi connectivity index (χ3v) is 5.78. The number of carbonyl (C=O) groups excluding carboxylic acids is 1. The topological polar surface area (TPSA) is 42.0 Å². The number of pyridine rings is 1. The van der Waals surface area contributed by atoms with E-state index in [1.807, 2.05) is 38.1 Å². The van der Waals surface area contributed by atoms with Gasteiger partial charge in [-0.3, -0.25) is 4.79 Å². The van der Waals surface area contributed by atoms with Crippen LogP contribution in [0.15, 0.2) is 64.5 Å². The van der Waals surface area contributed by atoms with Gasteiger partial charge in [-0.1, -0.05) is 64.8 Å². The molecule has 3 rings (SSSR count). The number of amides is 1. The average molecular weight is 447 g/mol. The molecular formula is C23H21ClF2N2OS. The molecule has 3 nitrogen and oxygen atoms in total. The monoisotopic (exact) mass is 446 g/mol. The van der Waals surface area contributed by atoms with Crippen LogP contribution in [-0.4, -0.2) is 17.4 Å². The number of hydrogen-bond acceptors (Lipinski definition) is 3. The van der Waals surface area contributed by atoms with Crippen LogP contribution < -0.4 is 5.32 Å². The second-order valence-electron chi connectivity index (χ2n) is 7.13. The molecule has 0 aliphatic rings. The Morgan fingerprint density at radius 2 is 1.83 bits per heavy atom. The maximum Gasteiger partial charge on any atom is 0.290 e. The van der Waals surface area contributed by atoms with Crippen molar-refractivity contribution in [3.05, 3.63) is 87.7 Å². The van der Waals surface area contributed by atoms with Crippen LogP contribution in [0.4, 0.5) is 8.78 Å². The second kappa shape index (κ2) is 9.14. The van der Waals surface area contributed by atoms with E-state index in [2.05, 4.69) is 10.3 Å². The fourth-order valence-electron chi connectivity index (χ4n) is 3.09. The smallest absolute Gasteiger partial charge is 0.290 e. The predicted octanol–water partition coefficient (Wildman–Crippen LogP) is 6.33. The van der Waals surface area contributed by atoms with E-state index in [9.17, 15) is 13.6 Å². The van der Waals surface area contributed by atoms with Crippen molar-refractivity contribution in [3.8, 4) is 0 Å². The Balaban J connectivity index is 1.80. The van der Waals surface area contributed by atoms with Gasteiger partial charge in [-0.05, 0) is 44.5 Å². The van der Waals surface area contributed by atoms with E-state index in [1.54, 1.807) is 19.1 Å². The summed E-state index contributed by atoms with van der Waals surface area (Å²) in [5, 5.41) is 2.48. The molecule has 0 aliphatic heterocycles. The Morgan fingerprint density at radius 1 is 1.10 bits per heavy atom. The molecule has 1 aromatic heterocycles. The van der Waals surface area contributed by atoms with Gasteiger partial charge in [0.05, 0.1) is 12.1 Å². The van der Waals surface area contributed by atoms with Crippen LogP contribution >= 0.6 is 23.4 Å². The predicted molar refractivity (Wildman–Crippen MR) is 117 cm³/mol. The molecule has 30 heavy (non-hydrogen) atoms. The highest BCUT2D eigenvalue weighted by Gasteiger charge is 2.34. The average Bonchev–Trinajstić information content (AvgIpc) is 2.67. The van der Waals surface area contributed by atoms with Gasteiger partial charge in [0.15, 0.2) is 0 Å². The Labute approximate surface area is 183 Å². The van der Waals surface area contributed by atoms with Crippen molar-refractivity contribution in [1.29, 1.82) is 0 Å². The minimum atomic E-state index is -3.20. The van der Waals surface area contributed by atoms with Crippen LogP contribution in [0.2, 0.25) is 5.15 Å². The molecule has 1 amide bonds. The standard InChI is InChI=1S/C23H21ClF2N2OS/c1-14-5-4-6-17(10-14)30-20-12-27-21(24)11-18(20)22(29)28-13-23(25,26)19-8-7-15(2)9-16(19)3/h4-12H,13H2,1-3H3,(H,28,29). The molecule has 1 heterocycles. The first-order valence-electron chi connectivity index (χ1n) is 9.29. The highest BCUT2D eigenvalue weighted by molar-refractivity contribution is 7.99. The number of benzene rings is 2. The van der Waals surface area contributed by atoms with E-state index in [-0.39, 0.29) is 16.3 Å². The van der Waals surface area contributed by atoms with Crippen molar-refractivity contribution in [2.45, 2.75) is 36.5 Å². The summed E-state index contributed by atoms with van der Waals surface area (Å²) in [5.74, 6) is -3.83. The Morgan fingerprint density at radius 3 is 2.53 bits per heavy atom. The summed E-state index contributed by atoms with van der Waals surface area (Å²) < 4.78 is 29.5.